The Morgan fingerprint density at radius 3 is 2.41 bits per heavy atom. The number of benzene rings is 2. The Hall–Kier alpha value is -3.61. The topological polar surface area (TPSA) is 91.0 Å². The summed E-state index contributed by atoms with van der Waals surface area (Å²) in [6.07, 6.45) is 0. The number of rotatable bonds is 7. The van der Waals surface area contributed by atoms with E-state index in [1.54, 1.807) is 0 Å². The Kier molecular flexibility index (Phi) is 6.63. The van der Waals surface area contributed by atoms with Crippen LogP contribution in [0.15, 0.2) is 54.6 Å². The van der Waals surface area contributed by atoms with Gasteiger partial charge in [-0.3, -0.25) is 0 Å². The number of nitrogens with one attached hydrogen (secondary N) is 4. The molecule has 7 nitrogen and oxygen atoms in total. The Bertz CT molecular complexity index is 971. The predicted molar refractivity (Wildman–Crippen MR) is 118 cm³/mol. The number of carbonyl (C=O) groups excluding carboxylic acids is 1. The molecule has 0 aliphatic heterocycles. The fourth-order valence-corrected chi connectivity index (χ4v) is 2.74. The molecule has 1 heterocycles. The Morgan fingerprint density at radius 1 is 0.862 bits per heavy atom. The van der Waals surface area contributed by atoms with E-state index >= 15 is 0 Å². The largest absolute Gasteiger partial charge is 0.352 e. The van der Waals surface area contributed by atoms with E-state index < -0.39 is 0 Å². The average Bonchev–Trinajstić information content (AvgIpc) is 2.67. The summed E-state index contributed by atoms with van der Waals surface area (Å²) in [5.74, 6) is 1.23. The van der Waals surface area contributed by atoms with Crippen molar-refractivity contribution in [3.05, 3.63) is 71.4 Å². The second-order valence-corrected chi connectivity index (χ2v) is 6.89. The van der Waals surface area contributed by atoms with Gasteiger partial charge in [-0.05, 0) is 50.6 Å². The highest BCUT2D eigenvalue weighted by Gasteiger charge is 2.04. The summed E-state index contributed by atoms with van der Waals surface area (Å²) in [6.45, 7) is 6.90. The maximum Gasteiger partial charge on any atom is 0.319 e. The zero-order valence-corrected chi connectivity index (χ0v) is 16.9. The minimum absolute atomic E-state index is 0.246. The van der Waals surface area contributed by atoms with Crippen molar-refractivity contribution in [1.29, 1.82) is 0 Å². The van der Waals surface area contributed by atoms with E-state index in [0.29, 0.717) is 24.9 Å². The molecule has 1 aromatic heterocycles. The van der Waals surface area contributed by atoms with Gasteiger partial charge in [0.25, 0.3) is 0 Å². The number of amides is 2. The molecular weight excluding hydrogens is 364 g/mol. The number of anilines is 4. The number of hydrogen-bond donors (Lipinski definition) is 4. The van der Waals surface area contributed by atoms with Crippen LogP contribution in [0.2, 0.25) is 0 Å². The van der Waals surface area contributed by atoms with Gasteiger partial charge in [0.05, 0.1) is 0 Å². The molecule has 0 bridgehead atoms. The summed E-state index contributed by atoms with van der Waals surface area (Å²) in [5.41, 5.74) is 4.88. The quantitative estimate of drug-likeness (QED) is 0.450. The van der Waals surface area contributed by atoms with Crippen molar-refractivity contribution < 1.29 is 4.79 Å². The van der Waals surface area contributed by atoms with Crippen molar-refractivity contribution in [2.24, 2.45) is 0 Å². The fraction of sp³-hybridized carbons (Fsp3) is 0.227. The van der Waals surface area contributed by atoms with Crippen molar-refractivity contribution in [3.8, 4) is 0 Å². The highest BCUT2D eigenvalue weighted by atomic mass is 16.2. The Labute approximate surface area is 171 Å². The first-order valence-electron chi connectivity index (χ1n) is 9.53. The Morgan fingerprint density at radius 2 is 1.66 bits per heavy atom. The van der Waals surface area contributed by atoms with Crippen molar-refractivity contribution in [2.75, 3.05) is 29.0 Å². The maximum absolute atomic E-state index is 12.0. The van der Waals surface area contributed by atoms with Gasteiger partial charge in [0, 0.05) is 36.2 Å². The van der Waals surface area contributed by atoms with Crippen LogP contribution >= 0.6 is 0 Å². The normalized spacial score (nSPS) is 10.3. The van der Waals surface area contributed by atoms with Crippen LogP contribution < -0.4 is 21.3 Å². The average molecular weight is 390 g/mol. The van der Waals surface area contributed by atoms with Gasteiger partial charge in [-0.25, -0.2) is 9.78 Å². The van der Waals surface area contributed by atoms with Crippen LogP contribution in [-0.4, -0.2) is 29.1 Å². The first-order valence-corrected chi connectivity index (χ1v) is 9.53. The van der Waals surface area contributed by atoms with E-state index in [9.17, 15) is 4.79 Å². The lowest BCUT2D eigenvalue weighted by atomic mass is 10.2. The number of carbonyl (C=O) groups is 1. The highest BCUT2D eigenvalue weighted by molar-refractivity contribution is 5.89. The number of hydrogen-bond acceptors (Lipinski definition) is 5. The molecule has 150 valence electrons. The summed E-state index contributed by atoms with van der Waals surface area (Å²) < 4.78 is 0. The monoisotopic (exact) mass is 390 g/mol. The summed E-state index contributed by atoms with van der Waals surface area (Å²) in [5, 5.41) is 12.0. The first-order chi connectivity index (χ1) is 14.0. The fourth-order valence-electron chi connectivity index (χ4n) is 2.74. The Balaban J connectivity index is 1.48. The highest BCUT2D eigenvalue weighted by Crippen LogP contribution is 2.17. The van der Waals surface area contributed by atoms with Gasteiger partial charge in [-0.2, -0.15) is 4.98 Å². The van der Waals surface area contributed by atoms with E-state index in [1.165, 1.54) is 5.56 Å². The minimum atomic E-state index is -0.246. The molecule has 0 saturated carbocycles. The third-order valence-corrected chi connectivity index (χ3v) is 4.15. The van der Waals surface area contributed by atoms with Gasteiger partial charge in [-0.1, -0.05) is 29.8 Å². The molecule has 0 unspecified atom stereocenters. The van der Waals surface area contributed by atoms with Gasteiger partial charge in [-0.15, -0.1) is 0 Å². The van der Waals surface area contributed by atoms with Crippen LogP contribution in [0.5, 0.6) is 0 Å². The van der Waals surface area contributed by atoms with Gasteiger partial charge in [0.2, 0.25) is 5.95 Å². The van der Waals surface area contributed by atoms with Crippen molar-refractivity contribution in [1.82, 2.24) is 15.3 Å². The molecule has 0 atom stereocenters. The zero-order valence-electron chi connectivity index (χ0n) is 16.9. The molecule has 4 N–H and O–H groups in total. The zero-order chi connectivity index (χ0) is 20.6. The van der Waals surface area contributed by atoms with Crippen LogP contribution in [0.3, 0.4) is 0 Å². The lowest BCUT2D eigenvalue weighted by Crippen LogP contribution is -2.32. The van der Waals surface area contributed by atoms with Crippen molar-refractivity contribution in [2.45, 2.75) is 20.8 Å². The summed E-state index contributed by atoms with van der Waals surface area (Å²) in [6, 6.07) is 17.4. The molecule has 0 aliphatic rings. The van der Waals surface area contributed by atoms with Gasteiger partial charge in [0.15, 0.2) is 0 Å². The summed E-state index contributed by atoms with van der Waals surface area (Å²) in [4.78, 5) is 20.9. The van der Waals surface area contributed by atoms with Crippen LogP contribution in [-0.2, 0) is 0 Å². The molecule has 0 aliphatic carbocycles. The second-order valence-electron chi connectivity index (χ2n) is 6.89. The van der Waals surface area contributed by atoms with Gasteiger partial charge in [0.1, 0.15) is 5.82 Å². The maximum atomic E-state index is 12.0. The lowest BCUT2D eigenvalue weighted by Gasteiger charge is -2.11. The van der Waals surface area contributed by atoms with E-state index in [4.69, 9.17) is 0 Å². The molecule has 3 rings (SSSR count). The molecule has 2 amide bonds. The van der Waals surface area contributed by atoms with Crippen molar-refractivity contribution >= 4 is 29.2 Å². The van der Waals surface area contributed by atoms with Crippen LogP contribution in [0, 0.1) is 20.8 Å². The smallest absolute Gasteiger partial charge is 0.319 e. The van der Waals surface area contributed by atoms with Gasteiger partial charge >= 0.3 is 6.03 Å². The summed E-state index contributed by atoms with van der Waals surface area (Å²) in [7, 11) is 0. The van der Waals surface area contributed by atoms with E-state index in [2.05, 4.69) is 38.2 Å². The van der Waals surface area contributed by atoms with E-state index in [-0.39, 0.29) is 6.03 Å². The molecule has 0 spiro atoms. The van der Waals surface area contributed by atoms with Gasteiger partial charge < -0.3 is 21.3 Å². The predicted octanol–water partition coefficient (Wildman–Crippen LogP) is 4.38. The van der Waals surface area contributed by atoms with Crippen molar-refractivity contribution in [3.63, 3.8) is 0 Å². The third-order valence-electron chi connectivity index (χ3n) is 4.15. The second kappa shape index (κ2) is 9.54. The molecule has 0 fully saturated rings. The molecular formula is C22H26N6O. The van der Waals surface area contributed by atoms with E-state index in [1.807, 2.05) is 68.4 Å². The number of aryl methyl sites for hydroxylation is 3. The molecule has 7 heteroatoms. The SMILES string of the molecule is Cc1ccc(Nc2cc(C)nc(NCCNC(=O)Nc3cccc(C)c3)n2)cc1. The first kappa shape index (κ1) is 20.1. The van der Waals surface area contributed by atoms with Crippen LogP contribution in [0.25, 0.3) is 0 Å². The van der Waals surface area contributed by atoms with Crippen LogP contribution in [0.1, 0.15) is 16.8 Å². The van der Waals surface area contributed by atoms with E-state index in [0.717, 1.165) is 22.6 Å². The summed E-state index contributed by atoms with van der Waals surface area (Å²) >= 11 is 0. The molecule has 29 heavy (non-hydrogen) atoms. The lowest BCUT2D eigenvalue weighted by molar-refractivity contribution is 0.252. The standard InChI is InChI=1S/C22H26N6O/c1-15-7-9-18(10-8-15)26-20-14-17(3)25-21(28-20)23-11-12-24-22(29)27-19-6-4-5-16(2)13-19/h4-10,13-14H,11-12H2,1-3H3,(H2,24,27,29)(H2,23,25,26,28). The third kappa shape index (κ3) is 6.49. The number of aromatic nitrogens is 2. The minimum Gasteiger partial charge on any atom is -0.352 e. The van der Waals surface area contributed by atoms with Crippen LogP contribution in [0.4, 0.5) is 27.9 Å². The molecule has 3 aromatic rings. The molecule has 0 saturated heterocycles. The number of urea groups is 1. The molecule has 0 radical (unpaired) electrons. The number of nitrogens with zero attached hydrogens (tertiary/aromatic N) is 2. The molecule has 2 aromatic carbocycles.